The minimum Gasteiger partial charge on any atom is -0.314 e. The number of hydrogen-bond donors (Lipinski definition) is 1. The fraction of sp³-hybridized carbons (Fsp3) is 0.222. The molecule has 0 spiro atoms. The molecule has 1 aromatic carbocycles. The van der Waals surface area contributed by atoms with Crippen LogP contribution in [0.15, 0.2) is 28.1 Å². The van der Waals surface area contributed by atoms with Gasteiger partial charge in [-0.1, -0.05) is 6.07 Å². The maximum atomic E-state index is 4.39. The molecule has 1 heterocycles. The number of amidine groups is 1. The second-order valence-electron chi connectivity index (χ2n) is 2.87. The molecule has 2 rings (SSSR count). The third-order valence-electron chi connectivity index (χ3n) is 1.71. The molecule has 0 fully saturated rings. The summed E-state index contributed by atoms with van der Waals surface area (Å²) in [6, 6.07) is 6.30. The first-order valence-electron chi connectivity index (χ1n) is 3.84. The van der Waals surface area contributed by atoms with Crippen LogP contribution in [0.25, 0.3) is 0 Å². The number of nitrogens with zero attached hydrogens (tertiary/aromatic N) is 1. The zero-order valence-corrected chi connectivity index (χ0v) is 7.90. The van der Waals surface area contributed by atoms with Crippen LogP contribution in [0.3, 0.4) is 0 Å². The predicted molar refractivity (Wildman–Crippen MR) is 52.9 cm³/mol. The van der Waals surface area contributed by atoms with Gasteiger partial charge in [0.2, 0.25) is 0 Å². The van der Waals surface area contributed by atoms with Crippen molar-refractivity contribution in [3.05, 3.63) is 23.8 Å². The van der Waals surface area contributed by atoms with Gasteiger partial charge < -0.3 is 4.72 Å². The topological polar surface area (TPSA) is 24.4 Å². The normalized spacial score (nSPS) is 14.7. The molecule has 0 radical (unpaired) electrons. The standard InChI is InChI=1S/C9H10N2S/c1-6-3-4-9-8(5-6)10-7(2)11-12-9/h3-5H,1-2H3,(H,10,11). The van der Waals surface area contributed by atoms with Crippen LogP contribution in [0.2, 0.25) is 0 Å². The molecule has 0 saturated heterocycles. The average molecular weight is 178 g/mol. The maximum absolute atomic E-state index is 4.39. The van der Waals surface area contributed by atoms with Gasteiger partial charge in [-0.2, -0.15) is 0 Å². The quantitative estimate of drug-likeness (QED) is 0.618. The molecule has 0 bridgehead atoms. The van der Waals surface area contributed by atoms with Crippen LogP contribution in [0.5, 0.6) is 0 Å². The molecule has 0 atom stereocenters. The van der Waals surface area contributed by atoms with E-state index in [-0.39, 0.29) is 0 Å². The predicted octanol–water partition coefficient (Wildman–Crippen LogP) is 2.66. The van der Waals surface area contributed by atoms with Crippen LogP contribution in [0.1, 0.15) is 12.5 Å². The van der Waals surface area contributed by atoms with Gasteiger partial charge in [-0.15, -0.1) is 0 Å². The summed E-state index contributed by atoms with van der Waals surface area (Å²) in [5.41, 5.74) is 2.34. The lowest BCUT2D eigenvalue weighted by Crippen LogP contribution is -2.13. The highest BCUT2D eigenvalue weighted by atomic mass is 32.2. The van der Waals surface area contributed by atoms with Crippen LogP contribution < -0.4 is 4.72 Å². The first kappa shape index (κ1) is 7.68. The fourth-order valence-electron chi connectivity index (χ4n) is 1.13. The number of benzene rings is 1. The summed E-state index contributed by atoms with van der Waals surface area (Å²) in [5, 5.41) is 0. The summed E-state index contributed by atoms with van der Waals surface area (Å²) in [5.74, 6) is 0.970. The van der Waals surface area contributed by atoms with Crippen molar-refractivity contribution in [3.63, 3.8) is 0 Å². The van der Waals surface area contributed by atoms with Crippen molar-refractivity contribution in [3.8, 4) is 0 Å². The number of fused-ring (bicyclic) bond motifs is 1. The third kappa shape index (κ3) is 1.32. The number of hydrogen-bond acceptors (Lipinski definition) is 3. The van der Waals surface area contributed by atoms with Gasteiger partial charge in [0.05, 0.1) is 10.6 Å². The summed E-state index contributed by atoms with van der Waals surface area (Å²) in [6.45, 7) is 4.05. The molecule has 0 saturated carbocycles. The summed E-state index contributed by atoms with van der Waals surface area (Å²) < 4.78 is 3.12. The summed E-state index contributed by atoms with van der Waals surface area (Å²) >= 11 is 1.62. The molecular formula is C9H10N2S. The van der Waals surface area contributed by atoms with E-state index in [1.54, 1.807) is 11.9 Å². The lowest BCUT2D eigenvalue weighted by atomic mass is 10.2. The Morgan fingerprint density at radius 2 is 2.17 bits per heavy atom. The van der Waals surface area contributed by atoms with Crippen LogP contribution >= 0.6 is 11.9 Å². The number of aryl methyl sites for hydroxylation is 1. The van der Waals surface area contributed by atoms with Gasteiger partial charge in [0, 0.05) is 0 Å². The molecule has 1 N–H and O–H groups in total. The Labute approximate surface area is 76.2 Å². The highest BCUT2D eigenvalue weighted by Gasteiger charge is 2.08. The second-order valence-corrected chi connectivity index (χ2v) is 3.72. The van der Waals surface area contributed by atoms with E-state index >= 15 is 0 Å². The zero-order valence-electron chi connectivity index (χ0n) is 7.09. The molecule has 1 aromatic rings. The van der Waals surface area contributed by atoms with E-state index in [1.807, 2.05) is 6.92 Å². The molecule has 2 nitrogen and oxygen atoms in total. The Hall–Kier alpha value is -0.960. The van der Waals surface area contributed by atoms with Crippen LogP contribution in [0.4, 0.5) is 5.69 Å². The highest BCUT2D eigenvalue weighted by molar-refractivity contribution is 7.98. The van der Waals surface area contributed by atoms with Gasteiger partial charge in [0.1, 0.15) is 5.84 Å². The Bertz CT molecular complexity index is 344. The van der Waals surface area contributed by atoms with Gasteiger partial charge in [0.15, 0.2) is 0 Å². The zero-order chi connectivity index (χ0) is 8.55. The maximum Gasteiger partial charge on any atom is 0.109 e. The molecule has 0 unspecified atom stereocenters. The van der Waals surface area contributed by atoms with Crippen molar-refractivity contribution in [1.29, 1.82) is 0 Å². The Morgan fingerprint density at radius 3 is 3.00 bits per heavy atom. The van der Waals surface area contributed by atoms with E-state index in [4.69, 9.17) is 0 Å². The molecular weight excluding hydrogens is 168 g/mol. The SMILES string of the molecule is CC1=Nc2cc(C)ccc2SN1. The van der Waals surface area contributed by atoms with E-state index in [0.717, 1.165) is 11.5 Å². The molecule has 0 aromatic heterocycles. The molecule has 1 aliphatic rings. The smallest absolute Gasteiger partial charge is 0.109 e. The van der Waals surface area contributed by atoms with Crippen LogP contribution in [0, 0.1) is 6.92 Å². The largest absolute Gasteiger partial charge is 0.314 e. The highest BCUT2D eigenvalue weighted by Crippen LogP contribution is 2.31. The number of nitrogens with one attached hydrogen (secondary N) is 1. The van der Waals surface area contributed by atoms with E-state index in [9.17, 15) is 0 Å². The van der Waals surface area contributed by atoms with E-state index in [1.165, 1.54) is 10.5 Å². The van der Waals surface area contributed by atoms with E-state index < -0.39 is 0 Å². The van der Waals surface area contributed by atoms with Crippen molar-refractivity contribution in [2.75, 3.05) is 0 Å². The lowest BCUT2D eigenvalue weighted by Gasteiger charge is -2.13. The summed E-state index contributed by atoms with van der Waals surface area (Å²) in [6.07, 6.45) is 0. The Kier molecular flexibility index (Phi) is 1.81. The first-order chi connectivity index (χ1) is 5.75. The lowest BCUT2D eigenvalue weighted by molar-refractivity contribution is 1.25. The van der Waals surface area contributed by atoms with E-state index in [2.05, 4.69) is 34.8 Å². The molecule has 62 valence electrons. The van der Waals surface area contributed by atoms with Crippen LogP contribution in [-0.2, 0) is 0 Å². The fourth-order valence-corrected chi connectivity index (χ4v) is 1.78. The van der Waals surface area contributed by atoms with Crippen LogP contribution in [-0.4, -0.2) is 5.84 Å². The number of aliphatic imine (C=N–C) groups is 1. The molecule has 3 heteroatoms. The van der Waals surface area contributed by atoms with Crippen molar-refractivity contribution in [2.24, 2.45) is 4.99 Å². The number of rotatable bonds is 0. The third-order valence-corrected chi connectivity index (χ3v) is 2.67. The van der Waals surface area contributed by atoms with Gasteiger partial charge in [0.25, 0.3) is 0 Å². The molecule has 0 amide bonds. The second kappa shape index (κ2) is 2.83. The Morgan fingerprint density at radius 1 is 1.33 bits per heavy atom. The average Bonchev–Trinajstić information content (AvgIpc) is 2.03. The summed E-state index contributed by atoms with van der Waals surface area (Å²) in [4.78, 5) is 5.59. The van der Waals surface area contributed by atoms with Gasteiger partial charge in [-0.3, -0.25) is 0 Å². The van der Waals surface area contributed by atoms with Crippen molar-refractivity contribution >= 4 is 23.5 Å². The van der Waals surface area contributed by atoms with Gasteiger partial charge in [-0.05, 0) is 43.5 Å². The van der Waals surface area contributed by atoms with E-state index in [0.29, 0.717) is 0 Å². The minimum atomic E-state index is 0.970. The Balaban J connectivity index is 2.53. The first-order valence-corrected chi connectivity index (χ1v) is 4.66. The van der Waals surface area contributed by atoms with Crippen molar-refractivity contribution in [1.82, 2.24) is 4.72 Å². The molecule has 1 aliphatic heterocycles. The molecule has 0 aliphatic carbocycles. The van der Waals surface area contributed by atoms with Crippen molar-refractivity contribution in [2.45, 2.75) is 18.7 Å². The van der Waals surface area contributed by atoms with Gasteiger partial charge in [-0.25, -0.2) is 4.99 Å². The minimum absolute atomic E-state index is 0.970. The van der Waals surface area contributed by atoms with Gasteiger partial charge >= 0.3 is 0 Å². The molecule has 12 heavy (non-hydrogen) atoms. The van der Waals surface area contributed by atoms with Crippen molar-refractivity contribution < 1.29 is 0 Å². The monoisotopic (exact) mass is 178 g/mol. The summed E-state index contributed by atoms with van der Waals surface area (Å²) in [7, 11) is 0.